The molecule has 5 aromatic rings. The van der Waals surface area contributed by atoms with Gasteiger partial charge in [0.25, 0.3) is 5.91 Å². The number of amides is 1. The van der Waals surface area contributed by atoms with E-state index in [0.29, 0.717) is 45.8 Å². The van der Waals surface area contributed by atoms with E-state index in [2.05, 4.69) is 25.6 Å². The van der Waals surface area contributed by atoms with Crippen molar-refractivity contribution in [1.82, 2.24) is 15.0 Å². The second-order valence-corrected chi connectivity index (χ2v) is 8.72. The van der Waals surface area contributed by atoms with Gasteiger partial charge in [-0.1, -0.05) is 29.8 Å². The first-order valence-corrected chi connectivity index (χ1v) is 11.9. The minimum Gasteiger partial charge on any atom is -0.497 e. The number of nitrogens with one attached hydrogen (secondary N) is 2. The molecule has 37 heavy (non-hydrogen) atoms. The van der Waals surface area contributed by atoms with E-state index in [1.165, 1.54) is 6.33 Å². The van der Waals surface area contributed by atoms with Gasteiger partial charge < -0.3 is 20.1 Å². The summed E-state index contributed by atoms with van der Waals surface area (Å²) in [5.41, 5.74) is 3.50. The van der Waals surface area contributed by atoms with E-state index in [0.717, 1.165) is 27.3 Å². The van der Waals surface area contributed by atoms with E-state index < -0.39 is 0 Å². The molecule has 0 saturated carbocycles. The maximum Gasteiger partial charge on any atom is 0.257 e. The number of anilines is 2. The zero-order chi connectivity index (χ0) is 25.9. The van der Waals surface area contributed by atoms with Crippen LogP contribution in [0.5, 0.6) is 11.5 Å². The van der Waals surface area contributed by atoms with Crippen LogP contribution in [0.1, 0.15) is 21.5 Å². The Morgan fingerprint density at radius 3 is 2.62 bits per heavy atom. The number of benzene rings is 3. The first-order valence-electron chi connectivity index (χ1n) is 11.5. The van der Waals surface area contributed by atoms with Crippen molar-refractivity contribution in [3.63, 3.8) is 0 Å². The molecule has 2 N–H and O–H groups in total. The second-order valence-electron chi connectivity index (χ2n) is 8.36. The fourth-order valence-corrected chi connectivity index (χ4v) is 4.48. The number of aromatic nitrogens is 3. The summed E-state index contributed by atoms with van der Waals surface area (Å²) in [6.45, 7) is 2.39. The van der Waals surface area contributed by atoms with Crippen LogP contribution in [-0.2, 0) is 6.54 Å². The molecule has 186 valence electrons. The van der Waals surface area contributed by atoms with Gasteiger partial charge in [-0.3, -0.25) is 4.79 Å². The number of rotatable bonds is 7. The smallest absolute Gasteiger partial charge is 0.257 e. The number of para-hydroxylation sites is 1. The van der Waals surface area contributed by atoms with Crippen LogP contribution in [0.15, 0.2) is 67.1 Å². The van der Waals surface area contributed by atoms with Crippen LogP contribution < -0.4 is 20.1 Å². The number of nitrogens with zero attached hydrogens (tertiary/aromatic N) is 3. The van der Waals surface area contributed by atoms with Gasteiger partial charge in [-0.05, 0) is 42.8 Å². The standard InChI is InChI=1S/C28H24ClN5O3/c1-16-7-10-20-19(11-12-30-26(20)29)24(16)34-28(35)22-6-4-5-21-25(22)32-15-33-27(21)31-14-17-8-9-18(36-2)13-23(17)37-3/h4-13,15H,14H2,1-3H3,(H,34,35)(H,31,32,33). The normalized spacial score (nSPS) is 10.9. The van der Waals surface area contributed by atoms with Gasteiger partial charge in [-0.25, -0.2) is 15.0 Å². The SMILES string of the molecule is COc1ccc(CNc2ncnc3c(C(=O)Nc4c(C)ccc5c(Cl)nccc45)cccc23)c(OC)c1. The molecule has 0 bridgehead atoms. The van der Waals surface area contributed by atoms with Gasteiger partial charge in [0.2, 0.25) is 0 Å². The molecule has 2 heterocycles. The number of halogens is 1. The van der Waals surface area contributed by atoms with Crippen LogP contribution >= 0.6 is 11.6 Å². The molecule has 0 radical (unpaired) electrons. The Labute approximate surface area is 218 Å². The van der Waals surface area contributed by atoms with Crippen molar-refractivity contribution in [1.29, 1.82) is 0 Å². The number of ether oxygens (including phenoxy) is 2. The van der Waals surface area contributed by atoms with E-state index in [9.17, 15) is 4.79 Å². The van der Waals surface area contributed by atoms with Crippen molar-refractivity contribution in [2.24, 2.45) is 0 Å². The lowest BCUT2D eigenvalue weighted by atomic mass is 10.1. The molecule has 0 atom stereocenters. The van der Waals surface area contributed by atoms with Crippen molar-refractivity contribution in [3.05, 3.63) is 89.0 Å². The first-order chi connectivity index (χ1) is 18.0. The van der Waals surface area contributed by atoms with Gasteiger partial charge in [0.05, 0.1) is 31.0 Å². The molecular weight excluding hydrogens is 490 g/mol. The molecule has 0 saturated heterocycles. The molecule has 3 aromatic carbocycles. The van der Waals surface area contributed by atoms with Crippen LogP contribution in [0.4, 0.5) is 11.5 Å². The highest BCUT2D eigenvalue weighted by atomic mass is 35.5. The minimum atomic E-state index is -0.282. The van der Waals surface area contributed by atoms with Gasteiger partial charge in [0, 0.05) is 40.5 Å². The molecule has 0 fully saturated rings. The topological polar surface area (TPSA) is 98.3 Å². The predicted octanol–water partition coefficient (Wildman–Crippen LogP) is 6.02. The highest BCUT2D eigenvalue weighted by Crippen LogP contribution is 2.32. The lowest BCUT2D eigenvalue weighted by Gasteiger charge is -2.15. The van der Waals surface area contributed by atoms with Gasteiger partial charge in [-0.15, -0.1) is 0 Å². The van der Waals surface area contributed by atoms with Gasteiger partial charge >= 0.3 is 0 Å². The summed E-state index contributed by atoms with van der Waals surface area (Å²) in [6, 6.07) is 16.7. The number of pyridine rings is 1. The third-order valence-corrected chi connectivity index (χ3v) is 6.49. The second kappa shape index (κ2) is 10.3. The van der Waals surface area contributed by atoms with Gasteiger partial charge in [0.15, 0.2) is 0 Å². The fourth-order valence-electron chi connectivity index (χ4n) is 4.26. The van der Waals surface area contributed by atoms with Gasteiger partial charge in [0.1, 0.15) is 28.8 Å². The molecule has 0 unspecified atom stereocenters. The molecule has 8 nitrogen and oxygen atoms in total. The van der Waals surface area contributed by atoms with E-state index in [1.54, 1.807) is 26.5 Å². The average Bonchev–Trinajstić information content (AvgIpc) is 2.93. The number of hydrogen-bond acceptors (Lipinski definition) is 7. The lowest BCUT2D eigenvalue weighted by Crippen LogP contribution is -2.14. The Hall–Kier alpha value is -4.43. The Bertz CT molecular complexity index is 1640. The quantitative estimate of drug-likeness (QED) is 0.257. The lowest BCUT2D eigenvalue weighted by molar-refractivity contribution is 0.102. The first kappa shape index (κ1) is 24.3. The van der Waals surface area contributed by atoms with E-state index in [4.69, 9.17) is 21.1 Å². The highest BCUT2D eigenvalue weighted by molar-refractivity contribution is 6.34. The van der Waals surface area contributed by atoms with Crippen molar-refractivity contribution in [2.75, 3.05) is 24.9 Å². The summed E-state index contributed by atoms with van der Waals surface area (Å²) in [4.78, 5) is 26.5. The number of fused-ring (bicyclic) bond motifs is 2. The molecule has 9 heteroatoms. The molecule has 0 aliphatic carbocycles. The number of methoxy groups -OCH3 is 2. The molecule has 5 rings (SSSR count). The molecule has 2 aromatic heterocycles. The summed E-state index contributed by atoms with van der Waals surface area (Å²) >= 11 is 6.28. The largest absolute Gasteiger partial charge is 0.497 e. The molecule has 0 aliphatic rings. The molecule has 0 aliphatic heterocycles. The fraction of sp³-hybridized carbons (Fsp3) is 0.143. The number of carbonyl (C=O) groups is 1. The number of aryl methyl sites for hydroxylation is 1. The van der Waals surface area contributed by atoms with E-state index in [-0.39, 0.29) is 5.91 Å². The van der Waals surface area contributed by atoms with Crippen LogP contribution in [0.25, 0.3) is 21.7 Å². The van der Waals surface area contributed by atoms with Crippen LogP contribution in [0.2, 0.25) is 5.15 Å². The van der Waals surface area contributed by atoms with Crippen molar-refractivity contribution >= 4 is 50.7 Å². The zero-order valence-corrected chi connectivity index (χ0v) is 21.3. The zero-order valence-electron chi connectivity index (χ0n) is 20.5. The Kier molecular flexibility index (Phi) is 6.74. The third kappa shape index (κ3) is 4.71. The summed E-state index contributed by atoms with van der Waals surface area (Å²) in [5, 5.41) is 9.10. The van der Waals surface area contributed by atoms with Crippen molar-refractivity contribution < 1.29 is 14.3 Å². The highest BCUT2D eigenvalue weighted by Gasteiger charge is 2.17. The maximum atomic E-state index is 13.5. The summed E-state index contributed by atoms with van der Waals surface area (Å²) in [7, 11) is 3.23. The molecule has 0 spiro atoms. The Morgan fingerprint density at radius 1 is 0.946 bits per heavy atom. The van der Waals surface area contributed by atoms with Crippen LogP contribution in [0.3, 0.4) is 0 Å². The Balaban J connectivity index is 1.46. The van der Waals surface area contributed by atoms with Crippen molar-refractivity contribution in [3.8, 4) is 11.5 Å². The molecular formula is C28H24ClN5O3. The number of hydrogen-bond donors (Lipinski definition) is 2. The van der Waals surface area contributed by atoms with E-state index >= 15 is 0 Å². The average molecular weight is 514 g/mol. The number of carbonyl (C=O) groups excluding carboxylic acids is 1. The Morgan fingerprint density at radius 2 is 1.81 bits per heavy atom. The summed E-state index contributed by atoms with van der Waals surface area (Å²) in [6.07, 6.45) is 3.07. The summed E-state index contributed by atoms with van der Waals surface area (Å²) < 4.78 is 10.8. The van der Waals surface area contributed by atoms with E-state index in [1.807, 2.05) is 55.5 Å². The predicted molar refractivity (Wildman–Crippen MR) is 146 cm³/mol. The van der Waals surface area contributed by atoms with Crippen LogP contribution in [0, 0.1) is 6.92 Å². The minimum absolute atomic E-state index is 0.282. The van der Waals surface area contributed by atoms with Crippen molar-refractivity contribution in [2.45, 2.75) is 13.5 Å². The third-order valence-electron chi connectivity index (χ3n) is 6.19. The summed E-state index contributed by atoms with van der Waals surface area (Å²) in [5.74, 6) is 1.74. The maximum absolute atomic E-state index is 13.5. The van der Waals surface area contributed by atoms with Gasteiger partial charge in [-0.2, -0.15) is 0 Å². The molecule has 1 amide bonds. The van der Waals surface area contributed by atoms with Crippen LogP contribution in [-0.4, -0.2) is 35.1 Å². The monoisotopic (exact) mass is 513 g/mol.